The van der Waals surface area contributed by atoms with Gasteiger partial charge in [0.15, 0.2) is 6.10 Å². The van der Waals surface area contributed by atoms with Gasteiger partial charge in [0.1, 0.15) is 18.1 Å². The fourth-order valence-corrected chi connectivity index (χ4v) is 5.44. The number of para-hydroxylation sites is 3. The first-order valence-electron chi connectivity index (χ1n) is 11.3. The predicted octanol–water partition coefficient (Wildman–Crippen LogP) is 4.61. The van der Waals surface area contributed by atoms with E-state index in [1.54, 1.807) is 24.3 Å². The molecule has 3 aromatic carbocycles. The number of halogens is 1. The minimum atomic E-state index is -3.94. The second-order valence-corrected chi connectivity index (χ2v) is 10.7. The number of nitrogens with zero attached hydrogens (tertiary/aromatic N) is 1. The number of anilines is 1. The number of hydrogen-bond donors (Lipinski definition) is 1. The predicted molar refractivity (Wildman–Crippen MR) is 136 cm³/mol. The van der Waals surface area contributed by atoms with Crippen molar-refractivity contribution in [2.24, 2.45) is 0 Å². The highest BCUT2D eigenvalue weighted by Gasteiger charge is 2.37. The third-order valence-electron chi connectivity index (χ3n) is 5.63. The molecular weight excluding hydrogens is 488 g/mol. The Labute approximate surface area is 210 Å². The van der Waals surface area contributed by atoms with Gasteiger partial charge in [-0.15, -0.1) is 0 Å². The molecule has 1 aliphatic heterocycles. The maximum Gasteiger partial charge on any atom is 0.264 e. The minimum Gasteiger partial charge on any atom is -0.491 e. The van der Waals surface area contributed by atoms with Gasteiger partial charge in [-0.3, -0.25) is 9.10 Å². The summed E-state index contributed by atoms with van der Waals surface area (Å²) in [5.74, 6) is 0.986. The van der Waals surface area contributed by atoms with Gasteiger partial charge in [0.25, 0.3) is 15.9 Å². The van der Waals surface area contributed by atoms with Crippen LogP contribution < -0.4 is 19.1 Å². The molecule has 0 fully saturated rings. The molecule has 0 bridgehead atoms. The van der Waals surface area contributed by atoms with Crippen molar-refractivity contribution >= 4 is 33.2 Å². The molecule has 3 aromatic rings. The van der Waals surface area contributed by atoms with Crippen molar-refractivity contribution in [3.63, 3.8) is 0 Å². The molecule has 35 heavy (non-hydrogen) atoms. The average Bonchev–Trinajstić information content (AvgIpc) is 2.86. The number of hydrogen-bond acceptors (Lipinski definition) is 5. The highest BCUT2D eigenvalue weighted by atomic mass is 35.5. The summed E-state index contributed by atoms with van der Waals surface area (Å²) in [4.78, 5) is 13.0. The molecule has 0 spiro atoms. The quantitative estimate of drug-likeness (QED) is 0.443. The molecule has 1 heterocycles. The Morgan fingerprint density at radius 2 is 1.77 bits per heavy atom. The first kappa shape index (κ1) is 24.9. The summed E-state index contributed by atoms with van der Waals surface area (Å²) < 4.78 is 39.7. The van der Waals surface area contributed by atoms with Crippen LogP contribution in [0, 0.1) is 0 Å². The molecule has 1 N–H and O–H groups in total. The van der Waals surface area contributed by atoms with Gasteiger partial charge in [-0.2, -0.15) is 0 Å². The van der Waals surface area contributed by atoms with E-state index in [1.165, 1.54) is 28.6 Å². The van der Waals surface area contributed by atoms with Crippen molar-refractivity contribution in [3.05, 3.63) is 83.4 Å². The zero-order chi connectivity index (χ0) is 25.0. The van der Waals surface area contributed by atoms with Crippen LogP contribution in [-0.2, 0) is 14.8 Å². The number of nitrogens with one attached hydrogen (secondary N) is 1. The fraction of sp³-hybridized carbons (Fsp3) is 0.269. The van der Waals surface area contributed by atoms with E-state index in [9.17, 15) is 13.2 Å². The first-order valence-corrected chi connectivity index (χ1v) is 13.1. The zero-order valence-electron chi connectivity index (χ0n) is 19.5. The van der Waals surface area contributed by atoms with Gasteiger partial charge in [-0.1, -0.05) is 55.8 Å². The van der Waals surface area contributed by atoms with Crippen molar-refractivity contribution in [1.29, 1.82) is 0 Å². The van der Waals surface area contributed by atoms with Crippen LogP contribution in [0.4, 0.5) is 5.69 Å². The van der Waals surface area contributed by atoms with E-state index in [1.807, 2.05) is 24.3 Å². The molecule has 1 atom stereocenters. The zero-order valence-corrected chi connectivity index (χ0v) is 21.1. The van der Waals surface area contributed by atoms with E-state index in [4.69, 9.17) is 21.1 Å². The number of carbonyl (C=O) groups is 1. The van der Waals surface area contributed by atoms with Gasteiger partial charge in [-0.05, 0) is 53.9 Å². The molecule has 184 valence electrons. The standard InChI is InChI=1S/C26H27ClN2O5S/c1-18(2)21-7-3-5-9-23(21)33-16-15-28-26(30)25-17-29(22-8-4-6-10-24(22)34-25)35(31,32)20-13-11-19(27)12-14-20/h3-14,18,25H,15-17H2,1-2H3,(H,28,30). The molecule has 0 aromatic heterocycles. The number of rotatable bonds is 8. The summed E-state index contributed by atoms with van der Waals surface area (Å²) in [6.07, 6.45) is -1.02. The maximum atomic E-state index is 13.4. The Morgan fingerprint density at radius 1 is 1.09 bits per heavy atom. The lowest BCUT2D eigenvalue weighted by atomic mass is 10.0. The molecule has 1 amide bonds. The van der Waals surface area contributed by atoms with E-state index in [-0.39, 0.29) is 24.6 Å². The van der Waals surface area contributed by atoms with Gasteiger partial charge < -0.3 is 14.8 Å². The van der Waals surface area contributed by atoms with Crippen molar-refractivity contribution in [1.82, 2.24) is 5.32 Å². The second-order valence-electron chi connectivity index (χ2n) is 8.40. The number of benzene rings is 3. The Morgan fingerprint density at radius 3 is 2.51 bits per heavy atom. The van der Waals surface area contributed by atoms with Gasteiger partial charge in [-0.25, -0.2) is 8.42 Å². The Balaban J connectivity index is 1.45. The molecule has 1 unspecified atom stereocenters. The molecule has 0 saturated carbocycles. The van der Waals surface area contributed by atoms with Crippen molar-refractivity contribution < 1.29 is 22.7 Å². The minimum absolute atomic E-state index is 0.0787. The molecule has 0 radical (unpaired) electrons. The van der Waals surface area contributed by atoms with E-state index in [0.29, 0.717) is 22.4 Å². The monoisotopic (exact) mass is 514 g/mol. The summed E-state index contributed by atoms with van der Waals surface area (Å²) in [7, 11) is -3.94. The molecular formula is C26H27ClN2O5S. The Hall–Kier alpha value is -3.23. The van der Waals surface area contributed by atoms with Crippen molar-refractivity contribution in [3.8, 4) is 11.5 Å². The van der Waals surface area contributed by atoms with Crippen LogP contribution in [0.2, 0.25) is 5.02 Å². The summed E-state index contributed by atoms with van der Waals surface area (Å²) in [5.41, 5.74) is 1.47. The van der Waals surface area contributed by atoms with E-state index < -0.39 is 22.0 Å². The lowest BCUT2D eigenvalue weighted by Crippen LogP contribution is -2.51. The third kappa shape index (κ3) is 5.55. The van der Waals surface area contributed by atoms with Crippen LogP contribution in [0.3, 0.4) is 0 Å². The normalized spacial score (nSPS) is 15.3. The summed E-state index contributed by atoms with van der Waals surface area (Å²) in [6, 6.07) is 20.4. The number of ether oxygens (including phenoxy) is 2. The molecule has 1 aliphatic rings. The first-order chi connectivity index (χ1) is 16.8. The largest absolute Gasteiger partial charge is 0.491 e. The number of amides is 1. The fourth-order valence-electron chi connectivity index (χ4n) is 3.84. The van der Waals surface area contributed by atoms with Gasteiger partial charge in [0, 0.05) is 5.02 Å². The van der Waals surface area contributed by atoms with E-state index in [2.05, 4.69) is 19.2 Å². The van der Waals surface area contributed by atoms with E-state index >= 15 is 0 Å². The number of carbonyl (C=O) groups excluding carboxylic acids is 1. The smallest absolute Gasteiger partial charge is 0.264 e. The molecule has 9 heteroatoms. The highest BCUT2D eigenvalue weighted by Crippen LogP contribution is 2.37. The lowest BCUT2D eigenvalue weighted by molar-refractivity contribution is -0.127. The Bertz CT molecular complexity index is 1300. The van der Waals surface area contributed by atoms with E-state index in [0.717, 1.165) is 11.3 Å². The molecule has 0 aliphatic carbocycles. The lowest BCUT2D eigenvalue weighted by Gasteiger charge is -2.34. The second kappa shape index (κ2) is 10.6. The van der Waals surface area contributed by atoms with Gasteiger partial charge >= 0.3 is 0 Å². The number of fused-ring (bicyclic) bond motifs is 1. The van der Waals surface area contributed by atoms with Crippen LogP contribution >= 0.6 is 11.6 Å². The Kier molecular flexibility index (Phi) is 7.52. The molecule has 0 saturated heterocycles. The SMILES string of the molecule is CC(C)c1ccccc1OCCNC(=O)C1CN(S(=O)(=O)c2ccc(Cl)cc2)c2ccccc2O1. The number of sulfonamides is 1. The highest BCUT2D eigenvalue weighted by molar-refractivity contribution is 7.92. The molecule has 7 nitrogen and oxygen atoms in total. The van der Waals surface area contributed by atoms with Crippen LogP contribution in [-0.4, -0.2) is 40.1 Å². The van der Waals surface area contributed by atoms with Crippen LogP contribution in [0.15, 0.2) is 77.7 Å². The summed E-state index contributed by atoms with van der Waals surface area (Å²) in [5, 5.41) is 3.23. The van der Waals surface area contributed by atoms with Crippen LogP contribution in [0.25, 0.3) is 0 Å². The van der Waals surface area contributed by atoms with Crippen molar-refractivity contribution in [2.75, 3.05) is 24.0 Å². The van der Waals surface area contributed by atoms with Gasteiger partial charge in [0.2, 0.25) is 0 Å². The molecule has 4 rings (SSSR count). The maximum absolute atomic E-state index is 13.4. The van der Waals surface area contributed by atoms with Gasteiger partial charge in [0.05, 0.1) is 23.7 Å². The van der Waals surface area contributed by atoms with Crippen LogP contribution in [0.5, 0.6) is 11.5 Å². The average molecular weight is 515 g/mol. The summed E-state index contributed by atoms with van der Waals surface area (Å²) >= 11 is 5.93. The van der Waals surface area contributed by atoms with Crippen LogP contribution in [0.1, 0.15) is 25.3 Å². The summed E-state index contributed by atoms with van der Waals surface area (Å²) in [6.45, 7) is 4.53. The third-order valence-corrected chi connectivity index (χ3v) is 7.67. The van der Waals surface area contributed by atoms with Crippen molar-refractivity contribution in [2.45, 2.75) is 30.8 Å². The topological polar surface area (TPSA) is 84.9 Å².